The third kappa shape index (κ3) is 5.43. The second-order valence-corrected chi connectivity index (χ2v) is 11.0. The van der Waals surface area contributed by atoms with Gasteiger partial charge >= 0.3 is 5.97 Å². The Morgan fingerprint density at radius 2 is 1.86 bits per heavy atom. The largest absolute Gasteiger partial charge is 0.479 e. The second-order valence-electron chi connectivity index (χ2n) is 10.6. The van der Waals surface area contributed by atoms with E-state index in [2.05, 4.69) is 23.5 Å². The van der Waals surface area contributed by atoms with Crippen LogP contribution in [0.3, 0.4) is 0 Å². The quantitative estimate of drug-likeness (QED) is 0.280. The minimum absolute atomic E-state index is 0.571. The number of aromatic nitrogens is 4. The fourth-order valence-corrected chi connectivity index (χ4v) is 5.14. The van der Waals surface area contributed by atoms with E-state index in [1.54, 1.807) is 4.68 Å². The fraction of sp³-hybridized carbons (Fsp3) is 0.414. The van der Waals surface area contributed by atoms with Crippen molar-refractivity contribution in [2.45, 2.75) is 72.6 Å². The molecule has 3 heterocycles. The summed E-state index contributed by atoms with van der Waals surface area (Å²) in [5.41, 5.74) is 6.42. The van der Waals surface area contributed by atoms with Gasteiger partial charge in [-0.3, -0.25) is 4.68 Å². The van der Waals surface area contributed by atoms with Crippen LogP contribution in [0.5, 0.6) is 0 Å². The van der Waals surface area contributed by atoms with Gasteiger partial charge in [0.1, 0.15) is 5.65 Å². The van der Waals surface area contributed by atoms with Crippen molar-refractivity contribution in [3.8, 4) is 11.1 Å². The van der Waals surface area contributed by atoms with Crippen LogP contribution < -0.4 is 0 Å². The molecule has 0 radical (unpaired) electrons. The molecular formula is C29H35ClN4O3. The van der Waals surface area contributed by atoms with Gasteiger partial charge in [-0.25, -0.2) is 9.78 Å². The molecule has 0 saturated carbocycles. The van der Waals surface area contributed by atoms with Gasteiger partial charge in [0.2, 0.25) is 0 Å². The third-order valence-electron chi connectivity index (χ3n) is 6.47. The Labute approximate surface area is 223 Å². The predicted octanol–water partition coefficient (Wildman–Crippen LogP) is 6.65. The number of carboxylic acids is 1. The number of halogens is 1. The summed E-state index contributed by atoms with van der Waals surface area (Å²) in [6, 6.07) is 7.54. The molecule has 0 aliphatic rings. The molecule has 4 rings (SSSR count). The lowest BCUT2D eigenvalue weighted by molar-refractivity contribution is -0.160. The molecule has 1 atom stereocenters. The lowest BCUT2D eigenvalue weighted by atomic mass is 9.90. The van der Waals surface area contributed by atoms with E-state index in [9.17, 15) is 9.90 Å². The molecule has 0 aliphatic heterocycles. The molecule has 1 aromatic carbocycles. The first kappa shape index (κ1) is 26.9. The number of hydrogen-bond donors (Lipinski definition) is 1. The van der Waals surface area contributed by atoms with Crippen molar-refractivity contribution in [3.63, 3.8) is 0 Å². The molecule has 0 amide bonds. The number of carboxylic acid groups (broad SMARTS) is 1. The maximum atomic E-state index is 12.6. The van der Waals surface area contributed by atoms with Crippen LogP contribution in [0.15, 0.2) is 36.7 Å². The average Bonchev–Trinajstić information content (AvgIpc) is 3.33. The Balaban J connectivity index is 2.11. The highest BCUT2D eigenvalue weighted by atomic mass is 35.5. The van der Waals surface area contributed by atoms with Crippen LogP contribution in [0.4, 0.5) is 0 Å². The first-order chi connectivity index (χ1) is 17.4. The monoisotopic (exact) mass is 522 g/mol. The van der Waals surface area contributed by atoms with Gasteiger partial charge in [-0.15, -0.1) is 0 Å². The summed E-state index contributed by atoms with van der Waals surface area (Å²) in [7, 11) is 1.91. The first-order valence-corrected chi connectivity index (χ1v) is 12.9. The first-order valence-electron chi connectivity index (χ1n) is 12.6. The number of carbonyl (C=O) groups is 1. The molecule has 0 unspecified atom stereocenters. The molecule has 0 aliphatic carbocycles. The van der Waals surface area contributed by atoms with Crippen LogP contribution >= 0.6 is 11.6 Å². The van der Waals surface area contributed by atoms with Crippen molar-refractivity contribution in [2.75, 3.05) is 0 Å². The van der Waals surface area contributed by atoms with Gasteiger partial charge in [-0.2, -0.15) is 5.10 Å². The molecule has 3 aromatic heterocycles. The van der Waals surface area contributed by atoms with E-state index in [1.165, 1.54) is 5.69 Å². The Bertz CT molecular complexity index is 1450. The Kier molecular flexibility index (Phi) is 7.49. The number of nitrogens with zero attached hydrogens (tertiary/aromatic N) is 4. The fourth-order valence-electron chi connectivity index (χ4n) is 5.02. The predicted molar refractivity (Wildman–Crippen MR) is 147 cm³/mol. The van der Waals surface area contributed by atoms with Crippen LogP contribution in [0.25, 0.3) is 22.2 Å². The number of benzene rings is 1. The van der Waals surface area contributed by atoms with Gasteiger partial charge in [0.25, 0.3) is 0 Å². The standard InChI is InChI=1S/C29H35ClN4O3/c1-8-9-22-17(2)23-25(20-10-12-21(30)13-11-20)24(26(28(35)36)37-29(4,5)6)18(3)32-27(23)34(22)16-19-14-31-33(7)15-19/h10-15,26H,8-9,16H2,1-7H3,(H,35,36)/t26-/m0/s1. The molecule has 1 N–H and O–H groups in total. The highest BCUT2D eigenvalue weighted by Crippen LogP contribution is 2.42. The number of rotatable bonds is 8. The molecule has 8 heteroatoms. The highest BCUT2D eigenvalue weighted by Gasteiger charge is 2.34. The normalized spacial score (nSPS) is 12.9. The van der Waals surface area contributed by atoms with Gasteiger partial charge < -0.3 is 14.4 Å². The summed E-state index contributed by atoms with van der Waals surface area (Å²) in [5, 5.41) is 16.2. The van der Waals surface area contributed by atoms with Crippen molar-refractivity contribution in [1.82, 2.24) is 19.3 Å². The molecule has 7 nitrogen and oxygen atoms in total. The van der Waals surface area contributed by atoms with Crippen LogP contribution in [0, 0.1) is 13.8 Å². The average molecular weight is 523 g/mol. The summed E-state index contributed by atoms with van der Waals surface area (Å²) in [5.74, 6) is -1.05. The summed E-state index contributed by atoms with van der Waals surface area (Å²) < 4.78 is 10.2. The summed E-state index contributed by atoms with van der Waals surface area (Å²) in [6.07, 6.45) is 4.54. The molecule has 196 valence electrons. The second kappa shape index (κ2) is 10.3. The zero-order valence-electron chi connectivity index (χ0n) is 22.6. The SMILES string of the molecule is CCCc1c(C)c2c(-c3ccc(Cl)cc3)c([C@H](OC(C)(C)C)C(=O)O)c(C)nc2n1Cc1cnn(C)c1. The van der Waals surface area contributed by atoms with Gasteiger partial charge in [0, 0.05) is 51.7 Å². The van der Waals surface area contributed by atoms with Crippen LogP contribution in [0.1, 0.15) is 68.3 Å². The van der Waals surface area contributed by atoms with Gasteiger partial charge in [0.05, 0.1) is 18.3 Å². The third-order valence-corrected chi connectivity index (χ3v) is 6.72. The summed E-state index contributed by atoms with van der Waals surface area (Å²) in [6.45, 7) is 12.3. The van der Waals surface area contributed by atoms with Gasteiger partial charge in [-0.05, 0) is 64.3 Å². The number of aryl methyl sites for hydroxylation is 3. The Hall–Kier alpha value is -3.16. The zero-order valence-corrected chi connectivity index (χ0v) is 23.3. The Morgan fingerprint density at radius 1 is 1.19 bits per heavy atom. The van der Waals surface area contributed by atoms with Crippen LogP contribution in [-0.4, -0.2) is 36.0 Å². The van der Waals surface area contributed by atoms with E-state index in [0.717, 1.165) is 46.1 Å². The topological polar surface area (TPSA) is 82.2 Å². The number of pyridine rings is 1. The zero-order chi connectivity index (χ0) is 27.1. The molecule has 37 heavy (non-hydrogen) atoms. The molecule has 0 bridgehead atoms. The lowest BCUT2D eigenvalue weighted by Crippen LogP contribution is -2.28. The van der Waals surface area contributed by atoms with Crippen molar-refractivity contribution >= 4 is 28.6 Å². The molecule has 0 saturated heterocycles. The number of ether oxygens (including phenoxy) is 1. The van der Waals surface area contributed by atoms with E-state index in [-0.39, 0.29) is 0 Å². The van der Waals surface area contributed by atoms with Crippen molar-refractivity contribution in [1.29, 1.82) is 0 Å². The minimum atomic E-state index is -1.18. The Morgan fingerprint density at radius 3 is 2.41 bits per heavy atom. The van der Waals surface area contributed by atoms with E-state index in [0.29, 0.717) is 22.8 Å². The highest BCUT2D eigenvalue weighted by molar-refractivity contribution is 6.30. The molecule has 0 fully saturated rings. The summed E-state index contributed by atoms with van der Waals surface area (Å²) >= 11 is 6.24. The van der Waals surface area contributed by atoms with Crippen LogP contribution in [-0.2, 0) is 29.5 Å². The molecule has 4 aromatic rings. The lowest BCUT2D eigenvalue weighted by Gasteiger charge is -2.28. The van der Waals surface area contributed by atoms with Crippen LogP contribution in [0.2, 0.25) is 5.02 Å². The number of hydrogen-bond acceptors (Lipinski definition) is 4. The van der Waals surface area contributed by atoms with E-state index < -0.39 is 17.7 Å². The van der Waals surface area contributed by atoms with Crippen molar-refractivity contribution in [3.05, 3.63) is 69.8 Å². The van der Waals surface area contributed by atoms with Crippen molar-refractivity contribution < 1.29 is 14.6 Å². The smallest absolute Gasteiger partial charge is 0.337 e. The van der Waals surface area contributed by atoms with E-state index in [4.69, 9.17) is 21.3 Å². The minimum Gasteiger partial charge on any atom is -0.479 e. The number of fused-ring (bicyclic) bond motifs is 1. The number of aliphatic carboxylic acids is 1. The van der Waals surface area contributed by atoms with Gasteiger partial charge in [-0.1, -0.05) is 37.1 Å². The maximum absolute atomic E-state index is 12.6. The molecular weight excluding hydrogens is 488 g/mol. The maximum Gasteiger partial charge on any atom is 0.337 e. The summed E-state index contributed by atoms with van der Waals surface area (Å²) in [4.78, 5) is 17.7. The van der Waals surface area contributed by atoms with Crippen molar-refractivity contribution in [2.24, 2.45) is 7.05 Å². The van der Waals surface area contributed by atoms with E-state index in [1.807, 2.05) is 71.4 Å². The van der Waals surface area contributed by atoms with Gasteiger partial charge in [0.15, 0.2) is 6.10 Å². The van der Waals surface area contributed by atoms with E-state index >= 15 is 0 Å². The molecule has 0 spiro atoms.